The lowest BCUT2D eigenvalue weighted by Crippen LogP contribution is -2.19. The fourth-order valence-corrected chi connectivity index (χ4v) is 2.55. The van der Waals surface area contributed by atoms with E-state index in [1.807, 2.05) is 14.0 Å². The normalized spacial score (nSPS) is 28.2. The highest BCUT2D eigenvalue weighted by Gasteiger charge is 2.53. The van der Waals surface area contributed by atoms with Crippen molar-refractivity contribution in [2.24, 2.45) is 5.92 Å². The van der Waals surface area contributed by atoms with E-state index in [0.29, 0.717) is 11.5 Å². The van der Waals surface area contributed by atoms with Crippen molar-refractivity contribution < 1.29 is 13.2 Å². The van der Waals surface area contributed by atoms with E-state index in [-0.39, 0.29) is 5.41 Å². The predicted molar refractivity (Wildman–Crippen MR) is 60.8 cm³/mol. The molecule has 1 nitrogen and oxygen atoms in total. The zero-order valence-electron chi connectivity index (χ0n) is 9.93. The molecule has 0 spiro atoms. The van der Waals surface area contributed by atoms with E-state index >= 15 is 0 Å². The molecule has 2 atom stereocenters. The van der Waals surface area contributed by atoms with Crippen molar-refractivity contribution in [1.29, 1.82) is 0 Å². The molecule has 0 bridgehead atoms. The van der Waals surface area contributed by atoms with Crippen molar-refractivity contribution in [3.63, 3.8) is 0 Å². The van der Waals surface area contributed by atoms with E-state index in [4.69, 9.17) is 0 Å². The minimum absolute atomic E-state index is 0.302. The fraction of sp³-hybridized carbons (Fsp3) is 0.538. The lowest BCUT2D eigenvalue weighted by molar-refractivity contribution is -0.138. The number of nitrogens with one attached hydrogen (secondary N) is 1. The van der Waals surface area contributed by atoms with Gasteiger partial charge in [-0.05, 0) is 43.0 Å². The summed E-state index contributed by atoms with van der Waals surface area (Å²) in [6, 6.07) is 5.92. The molecule has 94 valence electrons. The molecular formula is C13H16F3N. The Bertz CT molecular complexity index is 413. The van der Waals surface area contributed by atoms with Gasteiger partial charge in [0, 0.05) is 0 Å². The Balaban J connectivity index is 2.35. The summed E-state index contributed by atoms with van der Waals surface area (Å²) >= 11 is 0. The van der Waals surface area contributed by atoms with Gasteiger partial charge in [0.15, 0.2) is 0 Å². The highest BCUT2D eigenvalue weighted by atomic mass is 19.4. The van der Waals surface area contributed by atoms with Gasteiger partial charge < -0.3 is 5.32 Å². The first kappa shape index (κ1) is 12.4. The minimum atomic E-state index is -4.26. The molecule has 1 aromatic carbocycles. The molecule has 2 rings (SSSR count). The van der Waals surface area contributed by atoms with E-state index < -0.39 is 11.7 Å². The Labute approximate surface area is 99.0 Å². The second-order valence-corrected chi connectivity index (χ2v) is 4.92. The first-order valence-corrected chi connectivity index (χ1v) is 5.71. The molecule has 4 heteroatoms. The van der Waals surface area contributed by atoms with Gasteiger partial charge in [0.25, 0.3) is 0 Å². The van der Waals surface area contributed by atoms with Crippen LogP contribution in [0.15, 0.2) is 24.3 Å². The molecule has 0 radical (unpaired) electrons. The molecule has 1 aliphatic rings. The van der Waals surface area contributed by atoms with Gasteiger partial charge in [-0.1, -0.05) is 25.1 Å². The van der Waals surface area contributed by atoms with Crippen LogP contribution in [-0.2, 0) is 11.6 Å². The molecule has 0 aliphatic heterocycles. The molecule has 1 saturated carbocycles. The molecule has 17 heavy (non-hydrogen) atoms. The lowest BCUT2D eigenvalue weighted by atomic mass is 9.90. The second kappa shape index (κ2) is 4.02. The number of benzene rings is 1. The van der Waals surface area contributed by atoms with Crippen LogP contribution < -0.4 is 5.32 Å². The lowest BCUT2D eigenvalue weighted by Gasteiger charge is -2.18. The summed E-state index contributed by atoms with van der Waals surface area (Å²) in [4.78, 5) is 0. The third kappa shape index (κ3) is 2.18. The van der Waals surface area contributed by atoms with E-state index in [0.717, 1.165) is 13.0 Å². The number of halogens is 3. The molecule has 1 aromatic rings. The first-order chi connectivity index (χ1) is 7.89. The third-order valence-electron chi connectivity index (χ3n) is 3.71. The fourth-order valence-electron chi connectivity index (χ4n) is 2.55. The average molecular weight is 243 g/mol. The van der Waals surface area contributed by atoms with Gasteiger partial charge in [0.05, 0.1) is 5.56 Å². The largest absolute Gasteiger partial charge is 0.416 e. The Morgan fingerprint density at radius 3 is 2.59 bits per heavy atom. The highest BCUT2D eigenvalue weighted by molar-refractivity contribution is 5.41. The van der Waals surface area contributed by atoms with Crippen molar-refractivity contribution in [3.8, 4) is 0 Å². The topological polar surface area (TPSA) is 12.0 Å². The maximum Gasteiger partial charge on any atom is 0.416 e. The molecule has 2 unspecified atom stereocenters. The average Bonchev–Trinajstić information content (AvgIpc) is 2.90. The SMILES string of the molecule is CNCC1CC1(C)c1ccccc1C(F)(F)F. The van der Waals surface area contributed by atoms with Gasteiger partial charge in [-0.2, -0.15) is 13.2 Å². The van der Waals surface area contributed by atoms with E-state index in [1.165, 1.54) is 12.1 Å². The van der Waals surface area contributed by atoms with Crippen LogP contribution in [0.2, 0.25) is 0 Å². The van der Waals surface area contributed by atoms with Crippen molar-refractivity contribution in [2.75, 3.05) is 13.6 Å². The Morgan fingerprint density at radius 2 is 2.00 bits per heavy atom. The summed E-state index contributed by atoms with van der Waals surface area (Å²) in [7, 11) is 1.83. The predicted octanol–water partition coefficient (Wildman–Crippen LogP) is 3.20. The molecule has 1 N–H and O–H groups in total. The smallest absolute Gasteiger partial charge is 0.319 e. The second-order valence-electron chi connectivity index (χ2n) is 4.92. The van der Waals surface area contributed by atoms with Crippen molar-refractivity contribution >= 4 is 0 Å². The van der Waals surface area contributed by atoms with Crippen LogP contribution >= 0.6 is 0 Å². The molecule has 0 aromatic heterocycles. The molecular weight excluding hydrogens is 227 g/mol. The maximum absolute atomic E-state index is 12.9. The summed E-state index contributed by atoms with van der Waals surface area (Å²) in [5.74, 6) is 0.302. The van der Waals surface area contributed by atoms with Gasteiger partial charge in [-0.25, -0.2) is 0 Å². The van der Waals surface area contributed by atoms with Crippen LogP contribution in [0.25, 0.3) is 0 Å². The van der Waals surface area contributed by atoms with Crippen molar-refractivity contribution in [1.82, 2.24) is 5.32 Å². The van der Waals surface area contributed by atoms with Gasteiger partial charge in [0.2, 0.25) is 0 Å². The van der Waals surface area contributed by atoms with Crippen molar-refractivity contribution in [3.05, 3.63) is 35.4 Å². The number of hydrogen-bond acceptors (Lipinski definition) is 1. The zero-order chi connectivity index (χ0) is 12.7. The summed E-state index contributed by atoms with van der Waals surface area (Å²) in [6.45, 7) is 2.68. The Kier molecular flexibility index (Phi) is 2.94. The summed E-state index contributed by atoms with van der Waals surface area (Å²) < 4.78 is 38.7. The highest BCUT2D eigenvalue weighted by Crippen LogP contribution is 2.56. The molecule has 1 fully saturated rings. The number of hydrogen-bond donors (Lipinski definition) is 1. The Hall–Kier alpha value is -1.03. The first-order valence-electron chi connectivity index (χ1n) is 5.71. The van der Waals surface area contributed by atoms with Crippen LogP contribution in [0.3, 0.4) is 0 Å². The van der Waals surface area contributed by atoms with E-state index in [2.05, 4.69) is 5.32 Å². The summed E-state index contributed by atoms with van der Waals surface area (Å²) in [6.07, 6.45) is -3.44. The standard InChI is InChI=1S/C13H16F3N/c1-12(7-9(12)8-17-2)10-5-3-4-6-11(10)13(14,15)16/h3-6,9,17H,7-8H2,1-2H3. The monoisotopic (exact) mass is 243 g/mol. The number of alkyl halides is 3. The molecule has 0 heterocycles. The van der Waals surface area contributed by atoms with Crippen LogP contribution in [0, 0.1) is 5.92 Å². The van der Waals surface area contributed by atoms with Gasteiger partial charge >= 0.3 is 6.18 Å². The molecule has 0 amide bonds. The van der Waals surface area contributed by atoms with Crippen LogP contribution in [0.4, 0.5) is 13.2 Å². The van der Waals surface area contributed by atoms with E-state index in [1.54, 1.807) is 12.1 Å². The number of rotatable bonds is 3. The third-order valence-corrected chi connectivity index (χ3v) is 3.71. The van der Waals surface area contributed by atoms with E-state index in [9.17, 15) is 13.2 Å². The van der Waals surface area contributed by atoms with Gasteiger partial charge in [0.1, 0.15) is 0 Å². The van der Waals surface area contributed by atoms with Crippen molar-refractivity contribution in [2.45, 2.75) is 24.9 Å². The zero-order valence-corrected chi connectivity index (χ0v) is 9.93. The maximum atomic E-state index is 12.9. The minimum Gasteiger partial charge on any atom is -0.319 e. The van der Waals surface area contributed by atoms with Crippen LogP contribution in [0.5, 0.6) is 0 Å². The molecule has 1 aliphatic carbocycles. The van der Waals surface area contributed by atoms with Crippen LogP contribution in [-0.4, -0.2) is 13.6 Å². The van der Waals surface area contributed by atoms with Gasteiger partial charge in [-0.3, -0.25) is 0 Å². The molecule has 0 saturated heterocycles. The summed E-state index contributed by atoms with van der Waals surface area (Å²) in [5.41, 5.74) is -0.372. The Morgan fingerprint density at radius 1 is 1.35 bits per heavy atom. The quantitative estimate of drug-likeness (QED) is 0.859. The van der Waals surface area contributed by atoms with Crippen LogP contribution in [0.1, 0.15) is 24.5 Å². The summed E-state index contributed by atoms with van der Waals surface area (Å²) in [5, 5.41) is 3.03. The van der Waals surface area contributed by atoms with Gasteiger partial charge in [-0.15, -0.1) is 0 Å².